The highest BCUT2D eigenvalue weighted by Gasteiger charge is 2.14. The van der Waals surface area contributed by atoms with Gasteiger partial charge in [0.05, 0.1) is 16.6 Å². The zero-order valence-corrected chi connectivity index (χ0v) is 16.3. The van der Waals surface area contributed by atoms with E-state index in [0.717, 1.165) is 28.1 Å². The Hall–Kier alpha value is -2.60. The summed E-state index contributed by atoms with van der Waals surface area (Å²) < 4.78 is 13.8. The van der Waals surface area contributed by atoms with E-state index in [1.807, 2.05) is 29.8 Å². The van der Waals surface area contributed by atoms with Gasteiger partial charge in [0, 0.05) is 7.05 Å². The number of hydrogen-bond donors (Lipinski definition) is 0. The quantitative estimate of drug-likeness (QED) is 0.671. The first-order valence-electron chi connectivity index (χ1n) is 9.18. The smallest absolute Gasteiger partial charge is 0.252 e. The first-order chi connectivity index (χ1) is 13.1. The van der Waals surface area contributed by atoms with E-state index in [-0.39, 0.29) is 19.1 Å². The SMILES string of the molecule is CCCCc1ccc2c(c1)sc(=NC(=O)Cc1ccc3c(c1)OCO3)n2C. The standard InChI is InChI=1S/C21H22N2O3S/c1-3-4-5-14-6-8-16-19(11-14)27-21(23(16)2)22-20(24)12-15-7-9-17-18(10-15)26-13-25-17/h6-11H,3-5,12-13H2,1-2H3. The average Bonchev–Trinajstić information content (AvgIpc) is 3.24. The normalized spacial score (nSPS) is 13.5. The molecule has 0 N–H and O–H groups in total. The zero-order valence-electron chi connectivity index (χ0n) is 15.5. The molecule has 0 saturated heterocycles. The van der Waals surface area contributed by atoms with E-state index in [4.69, 9.17) is 9.47 Å². The molecule has 27 heavy (non-hydrogen) atoms. The summed E-state index contributed by atoms with van der Waals surface area (Å²) in [6.07, 6.45) is 3.70. The van der Waals surface area contributed by atoms with Gasteiger partial charge in [-0.15, -0.1) is 0 Å². The number of ether oxygens (including phenoxy) is 2. The van der Waals surface area contributed by atoms with Crippen LogP contribution in [-0.2, 0) is 24.7 Å². The Labute approximate surface area is 161 Å². The van der Waals surface area contributed by atoms with Crippen molar-refractivity contribution >= 4 is 27.5 Å². The molecular formula is C21H22N2O3S. The number of aryl methyl sites for hydroxylation is 2. The van der Waals surface area contributed by atoms with Crippen molar-refractivity contribution in [3.63, 3.8) is 0 Å². The van der Waals surface area contributed by atoms with Crippen LogP contribution in [0.1, 0.15) is 30.9 Å². The minimum Gasteiger partial charge on any atom is -0.454 e. The number of carbonyl (C=O) groups is 1. The van der Waals surface area contributed by atoms with Crippen LogP contribution in [0.3, 0.4) is 0 Å². The minimum absolute atomic E-state index is 0.165. The zero-order chi connectivity index (χ0) is 18.8. The summed E-state index contributed by atoms with van der Waals surface area (Å²) in [7, 11) is 1.96. The molecule has 2 aromatic carbocycles. The van der Waals surface area contributed by atoms with E-state index < -0.39 is 0 Å². The Bertz CT molecular complexity index is 1060. The van der Waals surface area contributed by atoms with Crippen molar-refractivity contribution in [1.29, 1.82) is 0 Å². The molecule has 0 radical (unpaired) electrons. The van der Waals surface area contributed by atoms with Crippen LogP contribution in [0.4, 0.5) is 0 Å². The molecule has 140 valence electrons. The Morgan fingerprint density at radius 2 is 1.96 bits per heavy atom. The van der Waals surface area contributed by atoms with Crippen LogP contribution in [0.25, 0.3) is 10.2 Å². The maximum absolute atomic E-state index is 12.5. The van der Waals surface area contributed by atoms with Gasteiger partial charge in [-0.3, -0.25) is 4.79 Å². The van der Waals surface area contributed by atoms with Gasteiger partial charge in [-0.25, -0.2) is 0 Å². The van der Waals surface area contributed by atoms with Gasteiger partial charge >= 0.3 is 0 Å². The van der Waals surface area contributed by atoms with Crippen LogP contribution in [0.5, 0.6) is 11.5 Å². The third kappa shape index (κ3) is 3.76. The molecule has 1 aliphatic rings. The lowest BCUT2D eigenvalue weighted by Gasteiger charge is -2.01. The lowest BCUT2D eigenvalue weighted by Crippen LogP contribution is -2.14. The predicted molar refractivity (Wildman–Crippen MR) is 106 cm³/mol. The van der Waals surface area contributed by atoms with Crippen LogP contribution in [0, 0.1) is 0 Å². The molecule has 6 heteroatoms. The van der Waals surface area contributed by atoms with Gasteiger partial charge in [0.15, 0.2) is 16.3 Å². The molecule has 0 unspecified atom stereocenters. The third-order valence-electron chi connectivity index (χ3n) is 4.71. The minimum atomic E-state index is -0.165. The van der Waals surface area contributed by atoms with E-state index in [2.05, 4.69) is 30.1 Å². The van der Waals surface area contributed by atoms with Gasteiger partial charge in [0.25, 0.3) is 5.91 Å². The van der Waals surface area contributed by atoms with Gasteiger partial charge < -0.3 is 14.0 Å². The second-order valence-electron chi connectivity index (χ2n) is 6.72. The van der Waals surface area contributed by atoms with Crippen LogP contribution in [0.2, 0.25) is 0 Å². The lowest BCUT2D eigenvalue weighted by atomic mass is 10.1. The highest BCUT2D eigenvalue weighted by molar-refractivity contribution is 7.16. The summed E-state index contributed by atoms with van der Waals surface area (Å²) in [5, 5.41) is 0. The number of unbranched alkanes of at least 4 members (excludes halogenated alkanes) is 1. The number of fused-ring (bicyclic) bond motifs is 2. The molecule has 0 atom stereocenters. The number of thiazole rings is 1. The summed E-state index contributed by atoms with van der Waals surface area (Å²) >= 11 is 1.56. The van der Waals surface area contributed by atoms with Crippen molar-refractivity contribution < 1.29 is 14.3 Å². The number of aromatic nitrogens is 1. The molecule has 1 amide bonds. The summed E-state index contributed by atoms with van der Waals surface area (Å²) in [6.45, 7) is 2.43. The van der Waals surface area contributed by atoms with E-state index in [9.17, 15) is 4.79 Å². The van der Waals surface area contributed by atoms with Crippen molar-refractivity contribution in [2.75, 3.05) is 6.79 Å². The fraction of sp³-hybridized carbons (Fsp3) is 0.333. The van der Waals surface area contributed by atoms with Crippen LogP contribution in [-0.4, -0.2) is 17.3 Å². The van der Waals surface area contributed by atoms with Crippen LogP contribution < -0.4 is 14.3 Å². The molecule has 2 heterocycles. The van der Waals surface area contributed by atoms with E-state index in [1.165, 1.54) is 23.1 Å². The summed E-state index contributed by atoms with van der Waals surface area (Å²) in [5.41, 5.74) is 3.32. The topological polar surface area (TPSA) is 52.8 Å². The fourth-order valence-corrected chi connectivity index (χ4v) is 4.29. The first kappa shape index (κ1) is 17.8. The Kier molecular flexibility index (Phi) is 4.99. The van der Waals surface area contributed by atoms with Crippen LogP contribution in [0.15, 0.2) is 41.4 Å². The highest BCUT2D eigenvalue weighted by atomic mass is 32.1. The third-order valence-corrected chi connectivity index (χ3v) is 5.80. The van der Waals surface area contributed by atoms with Crippen LogP contribution >= 0.6 is 11.3 Å². The van der Waals surface area contributed by atoms with Gasteiger partial charge in [0.2, 0.25) is 6.79 Å². The van der Waals surface area contributed by atoms with Crippen molar-refractivity contribution in [2.45, 2.75) is 32.6 Å². The van der Waals surface area contributed by atoms with Gasteiger partial charge in [-0.2, -0.15) is 4.99 Å². The average molecular weight is 382 g/mol. The van der Waals surface area contributed by atoms with Crippen molar-refractivity contribution in [1.82, 2.24) is 4.57 Å². The molecule has 4 rings (SSSR count). The molecular weight excluding hydrogens is 360 g/mol. The Morgan fingerprint density at radius 1 is 1.15 bits per heavy atom. The first-order valence-corrected chi connectivity index (χ1v) is 10.00. The summed E-state index contributed by atoms with van der Waals surface area (Å²) in [4.78, 5) is 17.5. The fourth-order valence-electron chi connectivity index (χ4n) is 3.19. The number of benzene rings is 2. The number of carbonyl (C=O) groups excluding carboxylic acids is 1. The monoisotopic (exact) mass is 382 g/mol. The maximum atomic E-state index is 12.5. The molecule has 1 aliphatic heterocycles. The number of hydrogen-bond acceptors (Lipinski definition) is 4. The molecule has 0 bridgehead atoms. The molecule has 0 fully saturated rings. The molecule has 0 saturated carbocycles. The van der Waals surface area contributed by atoms with E-state index in [1.54, 1.807) is 11.3 Å². The highest BCUT2D eigenvalue weighted by Crippen LogP contribution is 2.32. The number of nitrogens with zero attached hydrogens (tertiary/aromatic N) is 2. The van der Waals surface area contributed by atoms with Crippen molar-refractivity contribution in [3.05, 3.63) is 52.3 Å². The van der Waals surface area contributed by atoms with E-state index >= 15 is 0 Å². The second-order valence-corrected chi connectivity index (χ2v) is 7.73. The van der Waals surface area contributed by atoms with Gasteiger partial charge in [-0.1, -0.05) is 36.8 Å². The molecule has 0 aliphatic carbocycles. The summed E-state index contributed by atoms with van der Waals surface area (Å²) in [5.74, 6) is 1.24. The number of rotatable bonds is 5. The predicted octanol–water partition coefficient (Wildman–Crippen LogP) is 3.98. The second kappa shape index (κ2) is 7.56. The molecule has 5 nitrogen and oxygen atoms in total. The van der Waals surface area contributed by atoms with E-state index in [0.29, 0.717) is 5.75 Å². The summed E-state index contributed by atoms with van der Waals surface area (Å²) in [6, 6.07) is 12.1. The molecule has 3 aromatic rings. The lowest BCUT2D eigenvalue weighted by molar-refractivity contribution is -0.117. The van der Waals surface area contributed by atoms with Crippen molar-refractivity contribution in [3.8, 4) is 11.5 Å². The molecule has 0 spiro atoms. The molecule has 1 aromatic heterocycles. The maximum Gasteiger partial charge on any atom is 0.252 e. The van der Waals surface area contributed by atoms with Crippen molar-refractivity contribution in [2.24, 2.45) is 12.0 Å². The Balaban J connectivity index is 1.58. The largest absolute Gasteiger partial charge is 0.454 e. The number of amides is 1. The van der Waals surface area contributed by atoms with Gasteiger partial charge in [0.1, 0.15) is 0 Å². The van der Waals surface area contributed by atoms with Gasteiger partial charge in [-0.05, 0) is 48.2 Å². The Morgan fingerprint density at radius 3 is 2.81 bits per heavy atom.